The zero-order valence-electron chi connectivity index (χ0n) is 8.72. The van der Waals surface area contributed by atoms with Crippen LogP contribution in [0, 0.1) is 0 Å². The summed E-state index contributed by atoms with van der Waals surface area (Å²) >= 11 is 4.74. The standard InChI is InChI=1S/C9H13N3OS3/c10-7(13)5-14-8-11-12-9(16-8)15-6-3-1-2-4-6/h6H,1-5H2,(H2,10,13). The predicted octanol–water partition coefficient (Wildman–Crippen LogP) is 2.15. The lowest BCUT2D eigenvalue weighted by molar-refractivity contribution is -0.115. The molecule has 7 heteroatoms. The maximum absolute atomic E-state index is 10.6. The summed E-state index contributed by atoms with van der Waals surface area (Å²) in [4.78, 5) is 10.6. The van der Waals surface area contributed by atoms with Gasteiger partial charge in [-0.05, 0) is 12.8 Å². The first kappa shape index (κ1) is 12.2. The van der Waals surface area contributed by atoms with E-state index in [2.05, 4.69) is 10.2 Å². The normalized spacial score (nSPS) is 16.8. The van der Waals surface area contributed by atoms with Crippen molar-refractivity contribution < 1.29 is 4.79 Å². The molecule has 4 nitrogen and oxygen atoms in total. The zero-order valence-corrected chi connectivity index (χ0v) is 11.2. The molecule has 2 rings (SSSR count). The summed E-state index contributed by atoms with van der Waals surface area (Å²) in [5.74, 6) is -0.0341. The summed E-state index contributed by atoms with van der Waals surface area (Å²) in [5.41, 5.74) is 5.07. The number of aromatic nitrogens is 2. The first-order chi connectivity index (χ1) is 7.74. The zero-order chi connectivity index (χ0) is 11.4. The molecule has 0 saturated heterocycles. The predicted molar refractivity (Wildman–Crippen MR) is 67.9 cm³/mol. The van der Waals surface area contributed by atoms with Crippen LogP contribution in [0.2, 0.25) is 0 Å². The first-order valence-electron chi connectivity index (χ1n) is 5.15. The molecule has 0 unspecified atom stereocenters. The second-order valence-electron chi connectivity index (χ2n) is 3.61. The van der Waals surface area contributed by atoms with Crippen molar-refractivity contribution in [2.24, 2.45) is 5.73 Å². The summed E-state index contributed by atoms with van der Waals surface area (Å²) < 4.78 is 1.85. The lowest BCUT2D eigenvalue weighted by atomic mass is 10.4. The molecule has 0 aromatic carbocycles. The molecule has 1 aromatic heterocycles. The molecule has 1 aliphatic carbocycles. The maximum atomic E-state index is 10.6. The maximum Gasteiger partial charge on any atom is 0.227 e. The van der Waals surface area contributed by atoms with Gasteiger partial charge in [0.15, 0.2) is 8.68 Å². The molecule has 0 radical (unpaired) electrons. The molecule has 1 heterocycles. The van der Waals surface area contributed by atoms with E-state index in [0.717, 1.165) is 8.68 Å². The molecule has 0 spiro atoms. The number of nitrogens with two attached hydrogens (primary N) is 1. The van der Waals surface area contributed by atoms with Crippen molar-refractivity contribution in [1.82, 2.24) is 10.2 Å². The van der Waals surface area contributed by atoms with E-state index in [1.54, 1.807) is 11.3 Å². The Balaban J connectivity index is 1.84. The monoisotopic (exact) mass is 275 g/mol. The van der Waals surface area contributed by atoms with Crippen LogP contribution in [0.25, 0.3) is 0 Å². The van der Waals surface area contributed by atoms with Gasteiger partial charge in [0.2, 0.25) is 5.91 Å². The number of nitrogens with zero attached hydrogens (tertiary/aromatic N) is 2. The molecule has 0 atom stereocenters. The Kier molecular flexibility index (Phi) is 4.48. The highest BCUT2D eigenvalue weighted by atomic mass is 32.2. The van der Waals surface area contributed by atoms with Crippen LogP contribution >= 0.6 is 34.9 Å². The Morgan fingerprint density at radius 2 is 2.06 bits per heavy atom. The van der Waals surface area contributed by atoms with E-state index < -0.39 is 0 Å². The molecule has 88 valence electrons. The molecule has 16 heavy (non-hydrogen) atoms. The van der Waals surface area contributed by atoms with Gasteiger partial charge in [0, 0.05) is 5.25 Å². The Bertz CT molecular complexity index is 363. The van der Waals surface area contributed by atoms with E-state index in [4.69, 9.17) is 5.73 Å². The quantitative estimate of drug-likeness (QED) is 0.834. The molecule has 1 aliphatic rings. The van der Waals surface area contributed by atoms with Crippen LogP contribution in [0.3, 0.4) is 0 Å². The average molecular weight is 275 g/mol. The second-order valence-corrected chi connectivity index (χ2v) is 7.36. The number of hydrogen-bond donors (Lipinski definition) is 1. The van der Waals surface area contributed by atoms with Crippen LogP contribution in [0.5, 0.6) is 0 Å². The molecule has 1 fully saturated rings. The number of carbonyl (C=O) groups excluding carboxylic acids is 1. The number of rotatable bonds is 5. The summed E-state index contributed by atoms with van der Waals surface area (Å²) in [7, 11) is 0. The Hall–Kier alpha value is -0.270. The van der Waals surface area contributed by atoms with Crippen molar-refractivity contribution in [2.45, 2.75) is 39.6 Å². The second kappa shape index (κ2) is 5.88. The van der Waals surface area contributed by atoms with Crippen LogP contribution in [0.1, 0.15) is 25.7 Å². The van der Waals surface area contributed by atoms with Crippen LogP contribution < -0.4 is 5.73 Å². The fraction of sp³-hybridized carbons (Fsp3) is 0.667. The van der Waals surface area contributed by atoms with E-state index in [1.807, 2.05) is 11.8 Å². The van der Waals surface area contributed by atoms with Crippen LogP contribution in [-0.4, -0.2) is 27.1 Å². The van der Waals surface area contributed by atoms with Crippen LogP contribution in [0.4, 0.5) is 0 Å². The third-order valence-electron chi connectivity index (χ3n) is 2.30. The van der Waals surface area contributed by atoms with Crippen molar-refractivity contribution in [3.8, 4) is 0 Å². The largest absolute Gasteiger partial charge is 0.369 e. The van der Waals surface area contributed by atoms with Crippen LogP contribution in [-0.2, 0) is 4.79 Å². The van der Waals surface area contributed by atoms with E-state index in [9.17, 15) is 4.79 Å². The number of primary amides is 1. The van der Waals surface area contributed by atoms with E-state index in [1.165, 1.54) is 37.4 Å². The number of thioether (sulfide) groups is 2. The van der Waals surface area contributed by atoms with Gasteiger partial charge < -0.3 is 5.73 Å². The highest BCUT2D eigenvalue weighted by Gasteiger charge is 2.18. The Morgan fingerprint density at radius 1 is 1.38 bits per heavy atom. The molecule has 2 N–H and O–H groups in total. The van der Waals surface area contributed by atoms with E-state index in [0.29, 0.717) is 5.25 Å². The Labute approximate surface area is 107 Å². The smallest absolute Gasteiger partial charge is 0.227 e. The molecule has 1 amide bonds. The molecule has 0 bridgehead atoms. The topological polar surface area (TPSA) is 68.9 Å². The summed E-state index contributed by atoms with van der Waals surface area (Å²) in [5, 5.41) is 8.86. The lowest BCUT2D eigenvalue weighted by Gasteiger charge is -2.02. The molecule has 0 aliphatic heterocycles. The van der Waals surface area contributed by atoms with Gasteiger partial charge in [-0.1, -0.05) is 47.7 Å². The van der Waals surface area contributed by atoms with Crippen LogP contribution in [0.15, 0.2) is 8.68 Å². The van der Waals surface area contributed by atoms with Gasteiger partial charge in [0.1, 0.15) is 0 Å². The minimum atomic E-state index is -0.315. The number of amides is 1. The first-order valence-corrected chi connectivity index (χ1v) is 7.83. The highest BCUT2D eigenvalue weighted by molar-refractivity contribution is 8.03. The minimum Gasteiger partial charge on any atom is -0.369 e. The third kappa shape index (κ3) is 3.64. The van der Waals surface area contributed by atoms with Crippen molar-refractivity contribution in [3.05, 3.63) is 0 Å². The van der Waals surface area contributed by atoms with E-state index in [-0.39, 0.29) is 11.7 Å². The van der Waals surface area contributed by atoms with Gasteiger partial charge in [-0.2, -0.15) is 0 Å². The molecular formula is C9H13N3OS3. The number of hydrogen-bond acceptors (Lipinski definition) is 6. The summed E-state index contributed by atoms with van der Waals surface area (Å²) in [6.07, 6.45) is 5.24. The fourth-order valence-electron chi connectivity index (χ4n) is 1.58. The van der Waals surface area contributed by atoms with Gasteiger partial charge in [-0.25, -0.2) is 0 Å². The molecular weight excluding hydrogens is 262 g/mol. The minimum absolute atomic E-state index is 0.280. The van der Waals surface area contributed by atoms with Gasteiger partial charge in [0.25, 0.3) is 0 Å². The molecule has 1 saturated carbocycles. The van der Waals surface area contributed by atoms with Crippen molar-refractivity contribution in [3.63, 3.8) is 0 Å². The molecule has 1 aromatic rings. The van der Waals surface area contributed by atoms with E-state index >= 15 is 0 Å². The van der Waals surface area contributed by atoms with Crippen molar-refractivity contribution >= 4 is 40.8 Å². The van der Waals surface area contributed by atoms with Gasteiger partial charge in [-0.15, -0.1) is 10.2 Å². The Morgan fingerprint density at radius 3 is 2.75 bits per heavy atom. The summed E-state index contributed by atoms with van der Waals surface area (Å²) in [6, 6.07) is 0. The van der Waals surface area contributed by atoms with Gasteiger partial charge in [-0.3, -0.25) is 4.79 Å². The van der Waals surface area contributed by atoms with Crippen molar-refractivity contribution in [1.29, 1.82) is 0 Å². The number of carbonyl (C=O) groups is 1. The van der Waals surface area contributed by atoms with Gasteiger partial charge in [0.05, 0.1) is 5.75 Å². The van der Waals surface area contributed by atoms with Gasteiger partial charge >= 0.3 is 0 Å². The third-order valence-corrected chi connectivity index (χ3v) is 5.80. The van der Waals surface area contributed by atoms with Crippen molar-refractivity contribution in [2.75, 3.05) is 5.75 Å². The highest BCUT2D eigenvalue weighted by Crippen LogP contribution is 2.37. The SMILES string of the molecule is NC(=O)CSc1nnc(SC2CCCC2)s1. The fourth-order valence-corrected chi connectivity index (χ4v) is 4.85. The average Bonchev–Trinajstić information content (AvgIpc) is 2.87. The lowest BCUT2D eigenvalue weighted by Crippen LogP contribution is -2.12. The summed E-state index contributed by atoms with van der Waals surface area (Å²) in [6.45, 7) is 0.